The molecule has 2 N–H and O–H groups in total. The Hall–Kier alpha value is -1.40. The first-order chi connectivity index (χ1) is 9.00. The summed E-state index contributed by atoms with van der Waals surface area (Å²) in [5, 5.41) is 11.3. The molecule has 2 unspecified atom stereocenters. The lowest BCUT2D eigenvalue weighted by Gasteiger charge is -2.33. The first kappa shape index (κ1) is 16.7. The average Bonchev–Trinajstić information content (AvgIpc) is 2.21. The van der Waals surface area contributed by atoms with Gasteiger partial charge in [-0.2, -0.15) is 0 Å². The molecule has 0 heterocycles. The quantitative estimate of drug-likeness (QED) is 0.839. The molecule has 7 heteroatoms. The third-order valence-corrected chi connectivity index (χ3v) is 3.09. The van der Waals surface area contributed by atoms with Crippen molar-refractivity contribution in [1.82, 2.24) is 5.32 Å². The molecule has 0 spiro atoms. The number of carbonyl (C=O) groups excluding carboxylic acids is 1. The summed E-state index contributed by atoms with van der Waals surface area (Å²) in [5.41, 5.74) is -0.774. The Labute approximate surface area is 116 Å². The van der Waals surface area contributed by atoms with E-state index in [0.29, 0.717) is 6.42 Å². The molecule has 1 saturated carbocycles. The highest BCUT2D eigenvalue weighted by Crippen LogP contribution is 2.38. The second-order valence-corrected chi connectivity index (χ2v) is 6.17. The van der Waals surface area contributed by atoms with E-state index in [1.54, 1.807) is 20.8 Å². The van der Waals surface area contributed by atoms with E-state index in [0.717, 1.165) is 0 Å². The fraction of sp³-hybridized carbons (Fsp3) is 0.846. The van der Waals surface area contributed by atoms with Crippen molar-refractivity contribution < 1.29 is 28.2 Å². The van der Waals surface area contributed by atoms with E-state index in [4.69, 9.17) is 9.84 Å². The number of amides is 1. The van der Waals surface area contributed by atoms with Gasteiger partial charge in [-0.15, -0.1) is 0 Å². The number of alkyl carbamates (subject to hydrolysis) is 1. The second-order valence-electron chi connectivity index (χ2n) is 6.17. The van der Waals surface area contributed by atoms with E-state index in [2.05, 4.69) is 5.32 Å². The van der Waals surface area contributed by atoms with Crippen molar-refractivity contribution in [2.24, 2.45) is 5.92 Å². The standard InChI is InChI=1S/C13H21F2NO4/c1-12(2,3)20-11(19)16-9(10(17)18)8-5-4-6-13(14,15)7-8/h8-9H,4-7H2,1-3H3,(H,16,19)(H,17,18). The third kappa shape index (κ3) is 5.30. The van der Waals surface area contributed by atoms with Gasteiger partial charge in [0.1, 0.15) is 11.6 Å². The zero-order chi connectivity index (χ0) is 15.6. The Bertz CT molecular complexity index is 379. The predicted octanol–water partition coefficient (Wildman–Crippen LogP) is 2.79. The molecule has 1 fully saturated rings. The maximum absolute atomic E-state index is 13.3. The van der Waals surface area contributed by atoms with Crippen molar-refractivity contribution in [2.45, 2.75) is 64.0 Å². The number of carboxylic acids is 1. The number of rotatable bonds is 3. The lowest BCUT2D eigenvalue weighted by atomic mass is 9.82. The Balaban J connectivity index is 2.70. The van der Waals surface area contributed by atoms with Gasteiger partial charge in [-0.05, 0) is 39.5 Å². The molecule has 116 valence electrons. The smallest absolute Gasteiger partial charge is 0.408 e. The van der Waals surface area contributed by atoms with E-state index in [9.17, 15) is 18.4 Å². The number of nitrogens with one attached hydrogen (secondary N) is 1. The SMILES string of the molecule is CC(C)(C)OC(=O)NC(C(=O)O)C1CCCC(F)(F)C1. The second kappa shape index (κ2) is 5.93. The van der Waals surface area contributed by atoms with Gasteiger partial charge < -0.3 is 15.2 Å². The summed E-state index contributed by atoms with van der Waals surface area (Å²) in [7, 11) is 0. The monoisotopic (exact) mass is 293 g/mol. The van der Waals surface area contributed by atoms with Crippen LogP contribution in [0.5, 0.6) is 0 Å². The van der Waals surface area contributed by atoms with Crippen molar-refractivity contribution in [2.75, 3.05) is 0 Å². The average molecular weight is 293 g/mol. The van der Waals surface area contributed by atoms with Gasteiger partial charge in [0.15, 0.2) is 0 Å². The highest BCUT2D eigenvalue weighted by Gasteiger charge is 2.42. The van der Waals surface area contributed by atoms with Crippen molar-refractivity contribution in [1.29, 1.82) is 0 Å². The molecule has 0 bridgehead atoms. The molecule has 0 aromatic heterocycles. The maximum atomic E-state index is 13.3. The molecule has 0 aromatic carbocycles. The van der Waals surface area contributed by atoms with Crippen LogP contribution in [0, 0.1) is 5.92 Å². The predicted molar refractivity (Wildman–Crippen MR) is 67.7 cm³/mol. The molecule has 0 aromatic rings. The summed E-state index contributed by atoms with van der Waals surface area (Å²) in [4.78, 5) is 22.8. The Morgan fingerprint density at radius 1 is 1.40 bits per heavy atom. The van der Waals surface area contributed by atoms with Gasteiger partial charge in [0.25, 0.3) is 0 Å². The Kier molecular flexibility index (Phi) is 4.94. The van der Waals surface area contributed by atoms with Crippen LogP contribution in [0.3, 0.4) is 0 Å². The number of carbonyl (C=O) groups is 2. The molecular weight excluding hydrogens is 272 g/mol. The summed E-state index contributed by atoms with van der Waals surface area (Å²) in [5.74, 6) is -4.98. The third-order valence-electron chi connectivity index (χ3n) is 3.09. The van der Waals surface area contributed by atoms with Crippen LogP contribution in [0.4, 0.5) is 13.6 Å². The molecular formula is C13H21F2NO4. The van der Waals surface area contributed by atoms with Crippen LogP contribution in [0.15, 0.2) is 0 Å². The molecule has 1 aliphatic carbocycles. The minimum absolute atomic E-state index is 0.234. The number of carboxylic acid groups (broad SMARTS) is 1. The number of halogens is 2. The molecule has 1 amide bonds. The van der Waals surface area contributed by atoms with Gasteiger partial charge in [0.05, 0.1) is 0 Å². The van der Waals surface area contributed by atoms with Crippen molar-refractivity contribution in [3.63, 3.8) is 0 Å². The van der Waals surface area contributed by atoms with Gasteiger partial charge in [0, 0.05) is 12.8 Å². The van der Waals surface area contributed by atoms with Gasteiger partial charge in [-0.1, -0.05) is 0 Å². The number of ether oxygens (including phenoxy) is 1. The summed E-state index contributed by atoms with van der Waals surface area (Å²) >= 11 is 0. The lowest BCUT2D eigenvalue weighted by molar-refractivity contribution is -0.143. The normalized spacial score (nSPS) is 23.8. The summed E-state index contributed by atoms with van der Waals surface area (Å²) in [6, 6.07) is -1.35. The number of aliphatic carboxylic acids is 1. The number of alkyl halides is 2. The first-order valence-electron chi connectivity index (χ1n) is 6.60. The fourth-order valence-electron chi connectivity index (χ4n) is 2.31. The highest BCUT2D eigenvalue weighted by atomic mass is 19.3. The van der Waals surface area contributed by atoms with Crippen LogP contribution < -0.4 is 5.32 Å². The Morgan fingerprint density at radius 2 is 2.00 bits per heavy atom. The molecule has 1 aliphatic rings. The van der Waals surface area contributed by atoms with E-state index >= 15 is 0 Å². The molecule has 0 saturated heterocycles. The minimum Gasteiger partial charge on any atom is -0.480 e. The fourth-order valence-corrected chi connectivity index (χ4v) is 2.31. The van der Waals surface area contributed by atoms with Crippen molar-refractivity contribution in [3.05, 3.63) is 0 Å². The van der Waals surface area contributed by atoms with Crippen molar-refractivity contribution in [3.8, 4) is 0 Å². The van der Waals surface area contributed by atoms with Gasteiger partial charge >= 0.3 is 12.1 Å². The van der Waals surface area contributed by atoms with E-state index in [1.807, 2.05) is 0 Å². The molecule has 1 rings (SSSR count). The van der Waals surface area contributed by atoms with Crippen LogP contribution in [-0.4, -0.2) is 34.7 Å². The topological polar surface area (TPSA) is 75.6 Å². The highest BCUT2D eigenvalue weighted by molar-refractivity contribution is 5.80. The molecule has 2 atom stereocenters. The number of hydrogen-bond donors (Lipinski definition) is 2. The zero-order valence-electron chi connectivity index (χ0n) is 11.9. The van der Waals surface area contributed by atoms with Crippen LogP contribution in [0.1, 0.15) is 46.5 Å². The van der Waals surface area contributed by atoms with Gasteiger partial charge in [-0.3, -0.25) is 0 Å². The zero-order valence-corrected chi connectivity index (χ0v) is 11.9. The largest absolute Gasteiger partial charge is 0.480 e. The van der Waals surface area contributed by atoms with E-state index in [-0.39, 0.29) is 12.8 Å². The summed E-state index contributed by atoms with van der Waals surface area (Å²) in [6.45, 7) is 4.91. The van der Waals surface area contributed by atoms with Crippen molar-refractivity contribution >= 4 is 12.1 Å². The van der Waals surface area contributed by atoms with Gasteiger partial charge in [-0.25, -0.2) is 18.4 Å². The lowest BCUT2D eigenvalue weighted by Crippen LogP contribution is -2.49. The van der Waals surface area contributed by atoms with Crippen LogP contribution in [0.25, 0.3) is 0 Å². The first-order valence-corrected chi connectivity index (χ1v) is 6.60. The maximum Gasteiger partial charge on any atom is 0.408 e. The minimum atomic E-state index is -2.87. The van der Waals surface area contributed by atoms with Gasteiger partial charge in [0.2, 0.25) is 5.92 Å². The Morgan fingerprint density at radius 3 is 2.45 bits per heavy atom. The van der Waals surface area contributed by atoms with Crippen LogP contribution in [0.2, 0.25) is 0 Å². The molecule has 20 heavy (non-hydrogen) atoms. The molecule has 0 aliphatic heterocycles. The van der Waals surface area contributed by atoms with Crippen LogP contribution in [-0.2, 0) is 9.53 Å². The molecule has 5 nitrogen and oxygen atoms in total. The molecule has 0 radical (unpaired) electrons. The summed E-state index contributed by atoms with van der Waals surface area (Å²) in [6.07, 6.45) is -1.07. The van der Waals surface area contributed by atoms with E-state index in [1.165, 1.54) is 0 Å². The van der Waals surface area contributed by atoms with E-state index < -0.39 is 42.0 Å². The summed E-state index contributed by atoms with van der Waals surface area (Å²) < 4.78 is 31.7. The number of hydrogen-bond acceptors (Lipinski definition) is 3. The van der Waals surface area contributed by atoms with Crippen LogP contribution >= 0.6 is 0 Å².